The second-order valence-corrected chi connectivity index (χ2v) is 9.97. The van der Waals surface area contributed by atoms with Crippen molar-refractivity contribution in [1.29, 1.82) is 10.5 Å². The van der Waals surface area contributed by atoms with Crippen molar-refractivity contribution in [2.24, 2.45) is 0 Å². The van der Waals surface area contributed by atoms with Crippen molar-refractivity contribution in [2.45, 2.75) is 0 Å². The highest BCUT2D eigenvalue weighted by atomic mass is 32.1. The Labute approximate surface area is 242 Å². The first kappa shape index (κ1) is 25.6. The van der Waals surface area contributed by atoms with E-state index in [1.54, 1.807) is 0 Å². The Bertz CT molecular complexity index is 1830. The first-order valence-corrected chi connectivity index (χ1v) is 13.8. The van der Waals surface area contributed by atoms with Gasteiger partial charge in [-0.25, -0.2) is 0 Å². The summed E-state index contributed by atoms with van der Waals surface area (Å²) < 4.78 is 9.27. The number of hydrogen-bond donors (Lipinski definition) is 0. The molecule has 5 aromatic carbocycles. The second-order valence-electron chi connectivity index (χ2n) is 9.44. The molecule has 41 heavy (non-hydrogen) atoms. The molecule has 4 nitrogen and oxygen atoms in total. The topological polar surface area (TPSA) is 73.4 Å². The fraction of sp³-hybridized carbons (Fsp3) is 0. The minimum atomic E-state index is 0.624. The van der Waals surface area contributed by atoms with Crippen LogP contribution in [-0.2, 0) is 0 Å². The van der Waals surface area contributed by atoms with Crippen LogP contribution in [0.5, 0.6) is 0 Å². The zero-order valence-corrected chi connectivity index (χ0v) is 22.7. The largest absolute Gasteiger partial charge is 0.192 e. The van der Waals surface area contributed by atoms with E-state index in [4.69, 9.17) is 0 Å². The molecule has 0 aliphatic rings. The molecule has 0 radical (unpaired) electrons. The summed E-state index contributed by atoms with van der Waals surface area (Å²) in [6.07, 6.45) is 3.81. The van der Waals surface area contributed by atoms with E-state index >= 15 is 0 Å². The van der Waals surface area contributed by atoms with Crippen LogP contribution in [0.25, 0.3) is 56.6 Å². The van der Waals surface area contributed by atoms with Gasteiger partial charge in [-0.3, -0.25) is 0 Å². The molecule has 5 heteroatoms. The van der Waals surface area contributed by atoms with Crippen molar-refractivity contribution in [2.75, 3.05) is 0 Å². The Morgan fingerprint density at radius 1 is 0.512 bits per heavy atom. The van der Waals surface area contributed by atoms with Crippen molar-refractivity contribution >= 4 is 46.1 Å². The minimum absolute atomic E-state index is 0.624. The van der Waals surface area contributed by atoms with Crippen molar-refractivity contribution in [3.63, 3.8) is 0 Å². The Kier molecular flexibility index (Phi) is 7.28. The molecule has 0 aliphatic heterocycles. The summed E-state index contributed by atoms with van der Waals surface area (Å²) >= 11 is 1.20. The number of hydrogen-bond acceptors (Lipinski definition) is 5. The molecule has 0 spiro atoms. The van der Waals surface area contributed by atoms with Crippen molar-refractivity contribution < 1.29 is 0 Å². The van der Waals surface area contributed by atoms with E-state index in [1.807, 2.05) is 97.1 Å². The number of aromatic nitrogens is 2. The van der Waals surface area contributed by atoms with E-state index in [1.165, 1.54) is 11.7 Å². The average Bonchev–Trinajstić information content (AvgIpc) is 3.54. The van der Waals surface area contributed by atoms with Crippen LogP contribution < -0.4 is 0 Å². The van der Waals surface area contributed by atoms with Gasteiger partial charge in [0.2, 0.25) is 0 Å². The zero-order chi connectivity index (χ0) is 28.0. The molecule has 0 saturated carbocycles. The molecule has 0 unspecified atom stereocenters. The van der Waals surface area contributed by atoms with Crippen LogP contribution in [0.3, 0.4) is 0 Å². The highest BCUT2D eigenvalue weighted by Crippen LogP contribution is 2.35. The molecule has 0 bridgehead atoms. The molecule has 0 fully saturated rings. The predicted molar refractivity (Wildman–Crippen MR) is 168 cm³/mol. The smallest absolute Gasteiger partial charge is 0.113 e. The molecule has 1 aromatic heterocycles. The van der Waals surface area contributed by atoms with Crippen LogP contribution in [0.4, 0.5) is 0 Å². The predicted octanol–water partition coefficient (Wildman–Crippen LogP) is 9.15. The summed E-state index contributed by atoms with van der Waals surface area (Å²) in [7, 11) is 0. The van der Waals surface area contributed by atoms with Gasteiger partial charge in [-0.05, 0) is 45.5 Å². The van der Waals surface area contributed by atoms with E-state index in [0.29, 0.717) is 11.1 Å². The SMILES string of the molecule is N#C/C(=C\c1ccc(-c2ccc(-c3ccc(/C=C(\C#N)c4ccccc4)cc3)c3nsnc23)cc1)c1ccccc1. The van der Waals surface area contributed by atoms with Crippen LogP contribution in [-0.4, -0.2) is 8.75 Å². The molecule has 6 rings (SSSR count). The van der Waals surface area contributed by atoms with Gasteiger partial charge in [-0.15, -0.1) is 0 Å². The van der Waals surface area contributed by atoms with Crippen molar-refractivity contribution in [3.8, 4) is 34.4 Å². The van der Waals surface area contributed by atoms with E-state index in [0.717, 1.165) is 55.5 Å². The number of rotatable bonds is 6. The number of nitrogens with zero attached hydrogens (tertiary/aromatic N) is 4. The Morgan fingerprint density at radius 2 is 0.902 bits per heavy atom. The molecule has 192 valence electrons. The molecule has 0 saturated heterocycles. The van der Waals surface area contributed by atoms with E-state index < -0.39 is 0 Å². The normalized spacial score (nSPS) is 11.7. The zero-order valence-electron chi connectivity index (χ0n) is 21.9. The van der Waals surface area contributed by atoms with Gasteiger partial charge >= 0.3 is 0 Å². The minimum Gasteiger partial charge on any atom is -0.192 e. The quantitative estimate of drug-likeness (QED) is 0.155. The Balaban J connectivity index is 1.29. The van der Waals surface area contributed by atoms with Gasteiger partial charge in [0.25, 0.3) is 0 Å². The third kappa shape index (κ3) is 5.44. The first-order chi connectivity index (χ1) is 20.2. The third-order valence-corrected chi connectivity index (χ3v) is 7.42. The molecule has 0 aliphatic carbocycles. The average molecular weight is 543 g/mol. The van der Waals surface area contributed by atoms with Crippen LogP contribution in [0, 0.1) is 22.7 Å². The van der Waals surface area contributed by atoms with Crippen molar-refractivity contribution in [1.82, 2.24) is 8.75 Å². The van der Waals surface area contributed by atoms with Crippen LogP contribution in [0.1, 0.15) is 22.3 Å². The number of fused-ring (bicyclic) bond motifs is 1. The van der Waals surface area contributed by atoms with Crippen LogP contribution >= 0.6 is 11.7 Å². The highest BCUT2D eigenvalue weighted by Gasteiger charge is 2.14. The first-order valence-electron chi connectivity index (χ1n) is 13.0. The summed E-state index contributed by atoms with van der Waals surface area (Å²) in [4.78, 5) is 0. The summed E-state index contributed by atoms with van der Waals surface area (Å²) in [5, 5.41) is 19.3. The fourth-order valence-corrected chi connectivity index (χ4v) is 5.35. The lowest BCUT2D eigenvalue weighted by atomic mass is 9.96. The summed E-state index contributed by atoms with van der Waals surface area (Å²) in [5.74, 6) is 0. The lowest BCUT2D eigenvalue weighted by Gasteiger charge is -2.08. The highest BCUT2D eigenvalue weighted by molar-refractivity contribution is 7.00. The Morgan fingerprint density at radius 3 is 1.27 bits per heavy atom. The van der Waals surface area contributed by atoms with Gasteiger partial charge in [0, 0.05) is 11.1 Å². The maximum Gasteiger partial charge on any atom is 0.113 e. The third-order valence-electron chi connectivity index (χ3n) is 6.89. The van der Waals surface area contributed by atoms with E-state index in [-0.39, 0.29) is 0 Å². The summed E-state index contributed by atoms with van der Waals surface area (Å²) in [5.41, 5.74) is 10.8. The van der Waals surface area contributed by atoms with E-state index in [9.17, 15) is 10.5 Å². The standard InChI is InChI=1S/C36H22N4S/c37-23-31(27-7-3-1-4-8-27)21-25-11-15-29(16-12-25)33-19-20-34(36-35(33)39-41-40-36)30-17-13-26(14-18-30)22-32(24-38)28-9-5-2-6-10-28/h1-22H/b31-21+,32-22+. The molecule has 0 atom stereocenters. The van der Waals surface area contributed by atoms with Gasteiger partial charge in [-0.2, -0.15) is 19.3 Å². The Hall–Kier alpha value is -5.62. The molecular weight excluding hydrogens is 520 g/mol. The summed E-state index contributed by atoms with van der Waals surface area (Å²) in [6.45, 7) is 0. The summed E-state index contributed by atoms with van der Waals surface area (Å²) in [6, 6.07) is 44.5. The molecule has 1 heterocycles. The number of allylic oxidation sites excluding steroid dienone is 2. The van der Waals surface area contributed by atoms with Gasteiger partial charge in [-0.1, -0.05) is 121 Å². The van der Waals surface area contributed by atoms with Gasteiger partial charge in [0.05, 0.1) is 35.0 Å². The molecule has 6 aromatic rings. The monoisotopic (exact) mass is 542 g/mol. The second kappa shape index (κ2) is 11.6. The van der Waals surface area contributed by atoms with Crippen molar-refractivity contribution in [3.05, 3.63) is 144 Å². The molecule has 0 N–H and O–H groups in total. The molecular formula is C36H22N4S. The lowest BCUT2D eigenvalue weighted by Crippen LogP contribution is -1.87. The number of nitriles is 2. The maximum absolute atomic E-state index is 9.65. The van der Waals surface area contributed by atoms with E-state index in [2.05, 4.69) is 57.3 Å². The van der Waals surface area contributed by atoms with Crippen LogP contribution in [0.2, 0.25) is 0 Å². The fourth-order valence-electron chi connectivity index (χ4n) is 4.78. The van der Waals surface area contributed by atoms with Gasteiger partial charge in [0.15, 0.2) is 0 Å². The maximum atomic E-state index is 9.65. The lowest BCUT2D eigenvalue weighted by molar-refractivity contribution is 1.52. The molecule has 0 amide bonds. The number of benzene rings is 5. The van der Waals surface area contributed by atoms with Crippen LogP contribution in [0.15, 0.2) is 121 Å². The van der Waals surface area contributed by atoms with Gasteiger partial charge < -0.3 is 0 Å². The van der Waals surface area contributed by atoms with Gasteiger partial charge in [0.1, 0.15) is 11.0 Å².